The van der Waals surface area contributed by atoms with Crippen molar-refractivity contribution in [1.82, 2.24) is 4.90 Å². The topological polar surface area (TPSA) is 20.3 Å². The van der Waals surface area contributed by atoms with Gasteiger partial charge >= 0.3 is 35.8 Å². The number of carbonyl (C=O) groups is 1. The van der Waals surface area contributed by atoms with Gasteiger partial charge in [-0.05, 0) is 12.8 Å². The van der Waals surface area contributed by atoms with E-state index >= 15 is 0 Å². The van der Waals surface area contributed by atoms with Crippen LogP contribution in [0.4, 0.5) is 57.1 Å². The number of halogens is 13. The Hall–Kier alpha value is -1.70. The van der Waals surface area contributed by atoms with Gasteiger partial charge in [-0.15, -0.1) is 0 Å². The van der Waals surface area contributed by atoms with Crippen LogP contribution in [0.25, 0.3) is 0 Å². The largest absolute Gasteiger partial charge is 0.460 e. The Morgan fingerprint density at radius 3 is 1.52 bits per heavy atom. The molecule has 0 aromatic carbocycles. The van der Waals surface area contributed by atoms with Crippen LogP contribution < -0.4 is 0 Å². The van der Waals surface area contributed by atoms with Crippen molar-refractivity contribution in [3.63, 3.8) is 0 Å². The Kier molecular flexibility index (Phi) is 8.55. The summed E-state index contributed by atoms with van der Waals surface area (Å²) in [6, 6.07) is 0. The average Bonchev–Trinajstić information content (AvgIpc) is 2.61. The quantitative estimate of drug-likeness (QED) is 0.247. The number of nitrogens with zero attached hydrogens (tertiary/aromatic N) is 1. The molecule has 31 heavy (non-hydrogen) atoms. The zero-order valence-electron chi connectivity index (χ0n) is 16.0. The third-order valence-electron chi connectivity index (χ3n) is 4.19. The molecule has 0 rings (SSSR count). The molecule has 1 amide bonds. The van der Waals surface area contributed by atoms with Gasteiger partial charge in [-0.3, -0.25) is 4.79 Å². The summed E-state index contributed by atoms with van der Waals surface area (Å²) < 4.78 is 171. The monoisotopic (exact) mass is 487 g/mol. The van der Waals surface area contributed by atoms with E-state index in [1.54, 1.807) is 0 Å². The standard InChI is InChI=1S/C16H18F13NO/c1-4-6-7-30(10(31)9(3)5-2)8-11(17,18)12(19,20)13(21,22)14(23,24)15(25,26)16(27,28)29/h3-8H2,1-2H3. The number of rotatable bonds is 11. The molecule has 0 aromatic rings. The van der Waals surface area contributed by atoms with Crippen molar-refractivity contribution in [3.05, 3.63) is 12.2 Å². The van der Waals surface area contributed by atoms with Gasteiger partial charge in [0.05, 0.1) is 6.54 Å². The normalized spacial score (nSPS) is 14.5. The maximum atomic E-state index is 14.0. The third-order valence-corrected chi connectivity index (χ3v) is 4.19. The number of hydrogen-bond donors (Lipinski definition) is 0. The van der Waals surface area contributed by atoms with Crippen molar-refractivity contribution in [2.45, 2.75) is 68.9 Å². The van der Waals surface area contributed by atoms with Crippen LogP contribution >= 0.6 is 0 Å². The van der Waals surface area contributed by atoms with Gasteiger partial charge in [-0.25, -0.2) is 0 Å². The zero-order valence-corrected chi connectivity index (χ0v) is 16.0. The summed E-state index contributed by atoms with van der Waals surface area (Å²) in [4.78, 5) is 11.8. The molecule has 0 aromatic heterocycles. The molecule has 2 nitrogen and oxygen atoms in total. The second-order valence-electron chi connectivity index (χ2n) is 6.54. The Labute approximate surface area is 168 Å². The lowest BCUT2D eigenvalue weighted by molar-refractivity contribution is -0.440. The lowest BCUT2D eigenvalue weighted by Crippen LogP contribution is -2.71. The Balaban J connectivity index is 6.29. The molecule has 184 valence electrons. The van der Waals surface area contributed by atoms with Crippen molar-refractivity contribution in [1.29, 1.82) is 0 Å². The number of unbranched alkanes of at least 4 members (excludes halogenated alkanes) is 1. The Morgan fingerprint density at radius 2 is 1.16 bits per heavy atom. The molecule has 0 aliphatic carbocycles. The molecule has 0 radical (unpaired) electrons. The molecular weight excluding hydrogens is 469 g/mol. The minimum absolute atomic E-state index is 0.140. The van der Waals surface area contributed by atoms with Gasteiger partial charge in [-0.1, -0.05) is 26.8 Å². The van der Waals surface area contributed by atoms with E-state index in [9.17, 15) is 61.9 Å². The minimum atomic E-state index is -7.96. The molecular formula is C16H18F13NO. The summed E-state index contributed by atoms with van der Waals surface area (Å²) in [6.45, 7) is 2.42. The first-order chi connectivity index (χ1) is 13.6. The Bertz CT molecular complexity index is 654. The van der Waals surface area contributed by atoms with Gasteiger partial charge in [0.25, 0.3) is 0 Å². The molecule has 0 bridgehead atoms. The second kappa shape index (κ2) is 9.04. The second-order valence-corrected chi connectivity index (χ2v) is 6.54. The van der Waals surface area contributed by atoms with Gasteiger partial charge in [0.2, 0.25) is 5.91 Å². The predicted molar refractivity (Wildman–Crippen MR) is 81.7 cm³/mol. The maximum absolute atomic E-state index is 14.0. The predicted octanol–water partition coefficient (Wildman–Crippen LogP) is 6.32. The first-order valence-corrected chi connectivity index (χ1v) is 8.49. The molecule has 0 unspecified atom stereocenters. The van der Waals surface area contributed by atoms with Gasteiger partial charge in [0.1, 0.15) is 0 Å². The number of amides is 1. The molecule has 0 saturated carbocycles. The fraction of sp³-hybridized carbons (Fsp3) is 0.812. The van der Waals surface area contributed by atoms with E-state index < -0.39 is 60.4 Å². The summed E-state index contributed by atoms with van der Waals surface area (Å²) in [5.41, 5.74) is -0.462. The zero-order chi connectivity index (χ0) is 25.3. The van der Waals surface area contributed by atoms with Gasteiger partial charge in [0.15, 0.2) is 0 Å². The van der Waals surface area contributed by atoms with Crippen LogP contribution in [0.2, 0.25) is 0 Å². The summed E-state index contributed by atoms with van der Waals surface area (Å²) in [5, 5.41) is 0. The van der Waals surface area contributed by atoms with Crippen LogP contribution in [0.5, 0.6) is 0 Å². The molecule has 0 aliphatic heterocycles. The Morgan fingerprint density at radius 1 is 0.742 bits per heavy atom. The first-order valence-electron chi connectivity index (χ1n) is 8.49. The number of hydrogen-bond acceptors (Lipinski definition) is 1. The van der Waals surface area contributed by atoms with Crippen LogP contribution in [0, 0.1) is 0 Å². The molecule has 0 heterocycles. The van der Waals surface area contributed by atoms with Gasteiger partial charge < -0.3 is 4.90 Å². The summed E-state index contributed by atoms with van der Waals surface area (Å²) in [5.74, 6) is -38.8. The van der Waals surface area contributed by atoms with E-state index in [0.29, 0.717) is 0 Å². The van der Waals surface area contributed by atoms with Crippen LogP contribution in [-0.4, -0.2) is 59.7 Å². The first kappa shape index (κ1) is 29.3. The third kappa shape index (κ3) is 5.04. The lowest BCUT2D eigenvalue weighted by Gasteiger charge is -2.40. The summed E-state index contributed by atoms with van der Waals surface area (Å²) in [7, 11) is 0. The highest BCUT2D eigenvalue weighted by Gasteiger charge is 2.90. The van der Waals surface area contributed by atoms with E-state index in [0.717, 1.165) is 0 Å². The highest BCUT2D eigenvalue weighted by Crippen LogP contribution is 2.60. The van der Waals surface area contributed by atoms with Crippen LogP contribution in [0.3, 0.4) is 0 Å². The molecule has 0 spiro atoms. The van der Waals surface area contributed by atoms with Crippen LogP contribution in [-0.2, 0) is 4.79 Å². The van der Waals surface area contributed by atoms with Crippen LogP contribution in [0.1, 0.15) is 33.1 Å². The highest BCUT2D eigenvalue weighted by molar-refractivity contribution is 5.92. The number of alkyl halides is 13. The summed E-state index contributed by atoms with van der Waals surface area (Å²) in [6.07, 6.45) is -7.66. The van der Waals surface area contributed by atoms with Crippen molar-refractivity contribution in [2.24, 2.45) is 0 Å². The fourth-order valence-corrected chi connectivity index (χ4v) is 2.12. The van der Waals surface area contributed by atoms with E-state index in [1.807, 2.05) is 0 Å². The van der Waals surface area contributed by atoms with Crippen LogP contribution in [0.15, 0.2) is 12.2 Å². The molecule has 15 heteroatoms. The average molecular weight is 487 g/mol. The molecule has 0 saturated heterocycles. The van der Waals surface area contributed by atoms with Crippen molar-refractivity contribution < 1.29 is 61.9 Å². The SMILES string of the molecule is C=C(CC)C(=O)N(CCCC)CC(F)(F)C(F)(F)C(F)(F)C(F)(F)C(F)(F)C(F)(F)F. The van der Waals surface area contributed by atoms with Gasteiger partial charge in [-0.2, -0.15) is 57.1 Å². The molecule has 0 atom stereocenters. The van der Waals surface area contributed by atoms with E-state index in [2.05, 4.69) is 6.58 Å². The van der Waals surface area contributed by atoms with Crippen molar-refractivity contribution in [3.8, 4) is 0 Å². The van der Waals surface area contributed by atoms with Gasteiger partial charge in [0, 0.05) is 12.1 Å². The van der Waals surface area contributed by atoms with E-state index in [4.69, 9.17) is 0 Å². The van der Waals surface area contributed by atoms with E-state index in [-0.39, 0.29) is 24.2 Å². The van der Waals surface area contributed by atoms with E-state index in [1.165, 1.54) is 13.8 Å². The van der Waals surface area contributed by atoms with Crippen molar-refractivity contribution in [2.75, 3.05) is 13.1 Å². The molecule has 0 aliphatic rings. The lowest BCUT2D eigenvalue weighted by atomic mass is 9.93. The summed E-state index contributed by atoms with van der Waals surface area (Å²) >= 11 is 0. The maximum Gasteiger partial charge on any atom is 0.460 e. The number of carbonyl (C=O) groups excluding carboxylic acids is 1. The highest BCUT2D eigenvalue weighted by atomic mass is 19.4. The fourth-order valence-electron chi connectivity index (χ4n) is 2.12. The molecule has 0 N–H and O–H groups in total. The minimum Gasteiger partial charge on any atom is -0.333 e. The smallest absolute Gasteiger partial charge is 0.333 e. The molecule has 0 fully saturated rings. The van der Waals surface area contributed by atoms with Crippen molar-refractivity contribution >= 4 is 5.91 Å².